The van der Waals surface area contributed by atoms with Gasteiger partial charge in [-0.25, -0.2) is 0 Å². The van der Waals surface area contributed by atoms with Crippen LogP contribution in [-0.2, 0) is 12.3 Å². The molecular formula is C23H40O3Si4. The summed E-state index contributed by atoms with van der Waals surface area (Å²) in [6.45, 7) is 23.4. The van der Waals surface area contributed by atoms with Crippen molar-refractivity contribution in [2.45, 2.75) is 70.4 Å². The zero-order valence-electron chi connectivity index (χ0n) is 19.6. The van der Waals surface area contributed by atoms with Crippen molar-refractivity contribution in [3.05, 3.63) is 67.2 Å². The molecule has 1 aliphatic carbocycles. The number of hydrogen-bond acceptors (Lipinski definition) is 3. The molecule has 0 radical (unpaired) electrons. The van der Waals surface area contributed by atoms with E-state index in [1.165, 1.54) is 32.1 Å². The van der Waals surface area contributed by atoms with E-state index in [1.807, 2.05) is 23.2 Å². The molecule has 0 amide bonds. The summed E-state index contributed by atoms with van der Waals surface area (Å²) in [4.78, 5) is 0. The summed E-state index contributed by atoms with van der Waals surface area (Å²) in [7, 11) is -9.77. The molecule has 1 aromatic rings. The van der Waals surface area contributed by atoms with Crippen LogP contribution in [0.25, 0.3) is 0 Å². The first kappa shape index (κ1) is 25.4. The van der Waals surface area contributed by atoms with E-state index in [2.05, 4.69) is 76.7 Å². The molecule has 1 fully saturated rings. The van der Waals surface area contributed by atoms with Gasteiger partial charge in [-0.15, -0.1) is 19.7 Å². The molecule has 0 aliphatic heterocycles. The zero-order valence-corrected chi connectivity index (χ0v) is 23.6. The third-order valence-electron chi connectivity index (χ3n) is 6.01. The predicted molar refractivity (Wildman–Crippen MR) is 139 cm³/mol. The summed E-state index contributed by atoms with van der Waals surface area (Å²) in [5.74, 6) is 0. The number of hydrogen-bond donors (Lipinski definition) is 0. The molecule has 1 saturated carbocycles. The van der Waals surface area contributed by atoms with E-state index in [-0.39, 0.29) is 0 Å². The maximum Gasteiger partial charge on any atom is 0.380 e. The number of benzene rings is 1. The first-order chi connectivity index (χ1) is 14.0. The Morgan fingerprint density at radius 3 is 1.77 bits per heavy atom. The van der Waals surface area contributed by atoms with Crippen molar-refractivity contribution in [3.8, 4) is 0 Å². The highest BCUT2D eigenvalue weighted by atomic mass is 28.5. The fraction of sp³-hybridized carbons (Fsp3) is 0.478. The second kappa shape index (κ2) is 10.2. The second-order valence-corrected chi connectivity index (χ2v) is 24.4. The van der Waals surface area contributed by atoms with Gasteiger partial charge in [-0.3, -0.25) is 0 Å². The topological polar surface area (TPSA) is 27.7 Å². The lowest BCUT2D eigenvalue weighted by Gasteiger charge is -2.47. The normalized spacial score (nSPS) is 20.0. The van der Waals surface area contributed by atoms with Gasteiger partial charge in [0.15, 0.2) is 8.32 Å². The Kier molecular flexibility index (Phi) is 8.66. The van der Waals surface area contributed by atoms with Crippen LogP contribution in [0, 0.1) is 0 Å². The van der Waals surface area contributed by atoms with Crippen molar-refractivity contribution in [1.29, 1.82) is 0 Å². The van der Waals surface area contributed by atoms with Gasteiger partial charge in [0.2, 0.25) is 8.32 Å². The first-order valence-electron chi connectivity index (χ1n) is 11.1. The van der Waals surface area contributed by atoms with Gasteiger partial charge in [0, 0.05) is 5.54 Å². The lowest BCUT2D eigenvalue weighted by molar-refractivity contribution is 0.303. The third-order valence-corrected chi connectivity index (χ3v) is 21.6. The Labute approximate surface area is 188 Å². The molecule has 3 nitrogen and oxygen atoms in total. The van der Waals surface area contributed by atoms with Crippen LogP contribution in [0.3, 0.4) is 0 Å². The molecule has 166 valence electrons. The molecule has 2 atom stereocenters. The molecule has 0 bridgehead atoms. The van der Waals surface area contributed by atoms with E-state index < -0.39 is 33.8 Å². The smallest absolute Gasteiger partial charge is 0.380 e. The maximum atomic E-state index is 7.26. The standard InChI is InChI=1S/C23H40O3Si4/c1-9-27(4,5)24-29(8,22-18-14-12-15-19-22)26-30(11-3,25-28(6,7)10-2)23-20-16-13-17-21-23/h9-11,13,16-17,20-22H,1-3,12,14-15,18-19H2,4-8H3. The summed E-state index contributed by atoms with van der Waals surface area (Å²) >= 11 is 0. The molecule has 0 saturated heterocycles. The summed E-state index contributed by atoms with van der Waals surface area (Å²) in [5, 5.41) is 1.10. The molecule has 30 heavy (non-hydrogen) atoms. The van der Waals surface area contributed by atoms with Crippen molar-refractivity contribution in [2.24, 2.45) is 0 Å². The first-order valence-corrected chi connectivity index (χ1v) is 21.3. The Balaban J connectivity index is 2.56. The summed E-state index contributed by atoms with van der Waals surface area (Å²) in [5.41, 5.74) is 6.42. The molecule has 0 heterocycles. The lowest BCUT2D eigenvalue weighted by atomic mass is 10.0. The molecule has 7 heteroatoms. The van der Waals surface area contributed by atoms with Crippen LogP contribution >= 0.6 is 0 Å². The van der Waals surface area contributed by atoms with Gasteiger partial charge < -0.3 is 12.3 Å². The molecule has 1 aliphatic rings. The van der Waals surface area contributed by atoms with Crippen molar-refractivity contribution < 1.29 is 12.3 Å². The van der Waals surface area contributed by atoms with Gasteiger partial charge in [-0.1, -0.05) is 61.0 Å². The van der Waals surface area contributed by atoms with Gasteiger partial charge in [0.25, 0.3) is 0 Å². The van der Waals surface area contributed by atoms with E-state index in [0.717, 1.165) is 5.19 Å². The highest BCUT2D eigenvalue weighted by molar-refractivity contribution is 6.99. The van der Waals surface area contributed by atoms with Gasteiger partial charge in [0.05, 0.1) is 0 Å². The third kappa shape index (κ3) is 6.35. The predicted octanol–water partition coefficient (Wildman–Crippen LogP) is 6.38. The molecule has 1 aromatic carbocycles. The van der Waals surface area contributed by atoms with E-state index in [4.69, 9.17) is 12.3 Å². The number of rotatable bonds is 11. The van der Waals surface area contributed by atoms with Crippen LogP contribution in [0.4, 0.5) is 0 Å². The highest BCUT2D eigenvalue weighted by Crippen LogP contribution is 2.41. The average molecular weight is 477 g/mol. The van der Waals surface area contributed by atoms with Crippen molar-refractivity contribution in [3.63, 3.8) is 0 Å². The van der Waals surface area contributed by atoms with Gasteiger partial charge >= 0.3 is 17.1 Å². The minimum absolute atomic E-state index is 0.464. The zero-order chi connectivity index (χ0) is 22.5. The molecule has 0 aromatic heterocycles. The highest BCUT2D eigenvalue weighted by Gasteiger charge is 2.53. The van der Waals surface area contributed by atoms with Gasteiger partial charge in [-0.2, -0.15) is 0 Å². The SMILES string of the molecule is C=C[Si](C)(C)O[Si](C=C)(O[Si](C)(O[Si](C)(C)C=C)C1CCCCC1)c1ccccc1. The minimum Gasteiger partial charge on any atom is -0.433 e. The maximum absolute atomic E-state index is 7.26. The minimum atomic E-state index is -2.95. The molecule has 0 spiro atoms. The molecule has 0 N–H and O–H groups in total. The van der Waals surface area contributed by atoms with E-state index in [0.29, 0.717) is 5.54 Å². The fourth-order valence-electron chi connectivity index (χ4n) is 4.12. The van der Waals surface area contributed by atoms with Crippen molar-refractivity contribution in [2.75, 3.05) is 0 Å². The molecule has 2 unspecified atom stereocenters. The van der Waals surface area contributed by atoms with Gasteiger partial charge in [0.1, 0.15) is 0 Å². The van der Waals surface area contributed by atoms with E-state index in [9.17, 15) is 0 Å². The van der Waals surface area contributed by atoms with E-state index in [1.54, 1.807) is 0 Å². The van der Waals surface area contributed by atoms with Crippen molar-refractivity contribution >= 4 is 38.9 Å². The Hall–Kier alpha value is -0.812. The second-order valence-electron chi connectivity index (χ2n) is 9.51. The van der Waals surface area contributed by atoms with Crippen LogP contribution < -0.4 is 5.19 Å². The monoisotopic (exact) mass is 476 g/mol. The van der Waals surface area contributed by atoms with Crippen LogP contribution in [-0.4, -0.2) is 33.8 Å². The average Bonchev–Trinajstić information content (AvgIpc) is 2.74. The Morgan fingerprint density at radius 2 is 1.27 bits per heavy atom. The fourth-order valence-corrected chi connectivity index (χ4v) is 20.9. The van der Waals surface area contributed by atoms with Crippen LogP contribution in [0.5, 0.6) is 0 Å². The molecular weight excluding hydrogens is 437 g/mol. The Morgan fingerprint density at radius 1 is 0.733 bits per heavy atom. The van der Waals surface area contributed by atoms with Crippen molar-refractivity contribution in [1.82, 2.24) is 0 Å². The van der Waals surface area contributed by atoms with Crippen LogP contribution in [0.1, 0.15) is 32.1 Å². The van der Waals surface area contributed by atoms with Crippen LogP contribution in [0.2, 0.25) is 38.3 Å². The van der Waals surface area contributed by atoms with Gasteiger partial charge in [-0.05, 0) is 56.5 Å². The quantitative estimate of drug-likeness (QED) is 0.347. The largest absolute Gasteiger partial charge is 0.433 e. The lowest BCUT2D eigenvalue weighted by Crippen LogP contribution is -2.66. The summed E-state index contributed by atoms with van der Waals surface area (Å²) in [6, 6.07) is 10.4. The van der Waals surface area contributed by atoms with E-state index >= 15 is 0 Å². The summed E-state index contributed by atoms with van der Waals surface area (Å²) in [6.07, 6.45) is 6.14. The van der Waals surface area contributed by atoms with Crippen LogP contribution in [0.15, 0.2) is 67.2 Å². The Bertz CT molecular complexity index is 731. The molecule has 2 rings (SSSR count). The summed E-state index contributed by atoms with van der Waals surface area (Å²) < 4.78 is 21.1.